The van der Waals surface area contributed by atoms with Gasteiger partial charge in [0.2, 0.25) is 0 Å². The van der Waals surface area contributed by atoms with Crippen molar-refractivity contribution in [1.82, 2.24) is 15.1 Å². The van der Waals surface area contributed by atoms with E-state index in [9.17, 15) is 4.79 Å². The summed E-state index contributed by atoms with van der Waals surface area (Å²) < 4.78 is 1.52. The molecule has 1 aliphatic carbocycles. The Balaban J connectivity index is 1.77. The second-order valence-electron chi connectivity index (χ2n) is 5.52. The Bertz CT molecular complexity index is 449. The lowest BCUT2D eigenvalue weighted by atomic mass is 10.1. The van der Waals surface area contributed by atoms with Crippen LogP contribution in [-0.2, 0) is 6.54 Å². The smallest absolute Gasteiger partial charge is 0.268 e. The topological polar surface area (TPSA) is 50.2 Å². The molecule has 1 aromatic heterocycles. The first-order valence-corrected chi connectivity index (χ1v) is 7.12. The third-order valence-corrected chi connectivity index (χ3v) is 3.78. The highest BCUT2D eigenvalue weighted by Gasteiger charge is 2.13. The molecule has 2 rings (SSSR count). The van der Waals surface area contributed by atoms with Crippen LogP contribution >= 0.6 is 0 Å². The molecule has 0 unspecified atom stereocenters. The van der Waals surface area contributed by atoms with Gasteiger partial charge in [-0.05, 0) is 25.3 Å². The minimum atomic E-state index is -0.0335. The molecule has 0 bridgehead atoms. The molecule has 1 aromatic rings. The Morgan fingerprint density at radius 2 is 2.16 bits per heavy atom. The van der Waals surface area contributed by atoms with E-state index in [1.807, 2.05) is 19.0 Å². The summed E-state index contributed by atoms with van der Waals surface area (Å²) in [5, 5.41) is 7.62. The van der Waals surface area contributed by atoms with Crippen molar-refractivity contribution in [3.05, 3.63) is 22.6 Å². The molecule has 106 valence electrons. The Morgan fingerprint density at radius 1 is 1.42 bits per heavy atom. The van der Waals surface area contributed by atoms with Gasteiger partial charge in [-0.1, -0.05) is 12.8 Å². The molecule has 0 atom stereocenters. The Kier molecular flexibility index (Phi) is 4.96. The highest BCUT2D eigenvalue weighted by molar-refractivity contribution is 5.40. The van der Waals surface area contributed by atoms with Gasteiger partial charge in [0.05, 0.1) is 18.4 Å². The van der Waals surface area contributed by atoms with E-state index in [1.54, 1.807) is 12.3 Å². The zero-order chi connectivity index (χ0) is 13.7. The average Bonchev–Trinajstić information content (AvgIpc) is 2.89. The van der Waals surface area contributed by atoms with Crippen molar-refractivity contribution in [3.8, 4) is 0 Å². The van der Waals surface area contributed by atoms with E-state index in [-0.39, 0.29) is 5.56 Å². The number of hydrogen-bond acceptors (Lipinski definition) is 4. The summed E-state index contributed by atoms with van der Waals surface area (Å²) in [6, 6.07) is 1.63. The van der Waals surface area contributed by atoms with Crippen molar-refractivity contribution in [1.29, 1.82) is 0 Å². The molecule has 1 fully saturated rings. The Hall–Kier alpha value is -1.36. The summed E-state index contributed by atoms with van der Waals surface area (Å²) in [5.74, 6) is 0.834. The fourth-order valence-electron chi connectivity index (χ4n) is 2.54. The van der Waals surface area contributed by atoms with Gasteiger partial charge in [0.15, 0.2) is 0 Å². The Labute approximate surface area is 114 Å². The van der Waals surface area contributed by atoms with E-state index >= 15 is 0 Å². The lowest BCUT2D eigenvalue weighted by molar-refractivity contribution is 0.461. The van der Waals surface area contributed by atoms with Crippen molar-refractivity contribution < 1.29 is 0 Å². The van der Waals surface area contributed by atoms with Gasteiger partial charge in [0.1, 0.15) is 0 Å². The summed E-state index contributed by atoms with van der Waals surface area (Å²) in [6.07, 6.45) is 7.18. The summed E-state index contributed by atoms with van der Waals surface area (Å²) in [7, 11) is 3.81. The van der Waals surface area contributed by atoms with Crippen LogP contribution in [0.15, 0.2) is 17.1 Å². The number of rotatable bonds is 6. The lowest BCUT2D eigenvalue weighted by Gasteiger charge is -2.13. The van der Waals surface area contributed by atoms with Crippen LogP contribution < -0.4 is 15.8 Å². The van der Waals surface area contributed by atoms with Crippen molar-refractivity contribution in [2.24, 2.45) is 5.92 Å². The summed E-state index contributed by atoms with van der Waals surface area (Å²) >= 11 is 0. The molecule has 1 N–H and O–H groups in total. The summed E-state index contributed by atoms with van der Waals surface area (Å²) in [5.41, 5.74) is 0.814. The van der Waals surface area contributed by atoms with Gasteiger partial charge < -0.3 is 10.2 Å². The molecule has 0 amide bonds. The van der Waals surface area contributed by atoms with Crippen LogP contribution in [0.4, 0.5) is 5.69 Å². The van der Waals surface area contributed by atoms with E-state index in [2.05, 4.69) is 10.4 Å². The van der Waals surface area contributed by atoms with Crippen LogP contribution in [0.25, 0.3) is 0 Å². The van der Waals surface area contributed by atoms with E-state index in [0.717, 1.165) is 24.7 Å². The van der Waals surface area contributed by atoms with E-state index in [0.29, 0.717) is 6.54 Å². The fourth-order valence-corrected chi connectivity index (χ4v) is 2.54. The minimum absolute atomic E-state index is 0.0335. The molecule has 0 saturated heterocycles. The molecule has 1 aliphatic rings. The lowest BCUT2D eigenvalue weighted by Crippen LogP contribution is -2.31. The van der Waals surface area contributed by atoms with E-state index < -0.39 is 0 Å². The molecule has 5 nitrogen and oxygen atoms in total. The molecule has 1 heterocycles. The van der Waals surface area contributed by atoms with Crippen molar-refractivity contribution >= 4 is 5.69 Å². The third kappa shape index (κ3) is 4.06. The zero-order valence-electron chi connectivity index (χ0n) is 11.9. The molecule has 5 heteroatoms. The molecule has 0 aliphatic heterocycles. The van der Waals surface area contributed by atoms with Gasteiger partial charge in [-0.25, -0.2) is 4.68 Å². The first kappa shape index (κ1) is 14.1. The standard InChI is InChI=1S/C14H24N4O/c1-17(2)13-9-14(19)18(16-11-13)8-7-15-10-12-5-3-4-6-12/h9,11-12,15H,3-8,10H2,1-2H3. The van der Waals surface area contributed by atoms with Gasteiger partial charge in [0, 0.05) is 26.7 Å². The molecule has 0 aromatic carbocycles. The van der Waals surface area contributed by atoms with Gasteiger partial charge in [-0.2, -0.15) is 5.10 Å². The van der Waals surface area contributed by atoms with Crippen molar-refractivity contribution in [2.75, 3.05) is 32.1 Å². The summed E-state index contributed by atoms with van der Waals surface area (Å²) in [6.45, 7) is 2.52. The van der Waals surface area contributed by atoms with Gasteiger partial charge in [-0.3, -0.25) is 4.79 Å². The summed E-state index contributed by atoms with van der Waals surface area (Å²) in [4.78, 5) is 13.7. The third-order valence-electron chi connectivity index (χ3n) is 3.78. The number of hydrogen-bond donors (Lipinski definition) is 1. The number of anilines is 1. The normalized spacial score (nSPS) is 15.9. The number of nitrogens with zero attached hydrogens (tertiary/aromatic N) is 3. The fraction of sp³-hybridized carbons (Fsp3) is 0.714. The predicted octanol–water partition coefficient (Wildman–Crippen LogP) is 1.09. The molecular weight excluding hydrogens is 240 g/mol. The molecule has 0 spiro atoms. The van der Waals surface area contributed by atoms with Crippen LogP contribution in [-0.4, -0.2) is 37.0 Å². The molecule has 1 saturated carbocycles. The van der Waals surface area contributed by atoms with Gasteiger partial charge >= 0.3 is 0 Å². The highest BCUT2D eigenvalue weighted by Crippen LogP contribution is 2.23. The maximum Gasteiger partial charge on any atom is 0.268 e. The maximum atomic E-state index is 11.8. The predicted molar refractivity (Wildman–Crippen MR) is 77.7 cm³/mol. The molecular formula is C14H24N4O. The SMILES string of the molecule is CN(C)c1cnn(CCNCC2CCCC2)c(=O)c1. The Morgan fingerprint density at radius 3 is 2.79 bits per heavy atom. The van der Waals surface area contributed by atoms with Crippen LogP contribution in [0.1, 0.15) is 25.7 Å². The molecule has 19 heavy (non-hydrogen) atoms. The average molecular weight is 264 g/mol. The van der Waals surface area contributed by atoms with E-state index in [4.69, 9.17) is 0 Å². The quantitative estimate of drug-likeness (QED) is 0.781. The van der Waals surface area contributed by atoms with Crippen LogP contribution in [0.3, 0.4) is 0 Å². The van der Waals surface area contributed by atoms with Crippen LogP contribution in [0.2, 0.25) is 0 Å². The maximum absolute atomic E-state index is 11.8. The van der Waals surface area contributed by atoms with Gasteiger partial charge in [-0.15, -0.1) is 0 Å². The largest absolute Gasteiger partial charge is 0.376 e. The van der Waals surface area contributed by atoms with Crippen molar-refractivity contribution in [2.45, 2.75) is 32.2 Å². The monoisotopic (exact) mass is 264 g/mol. The number of nitrogens with one attached hydrogen (secondary N) is 1. The van der Waals surface area contributed by atoms with Crippen LogP contribution in [0.5, 0.6) is 0 Å². The van der Waals surface area contributed by atoms with Crippen LogP contribution in [0, 0.1) is 5.92 Å². The molecule has 0 radical (unpaired) electrons. The number of aromatic nitrogens is 2. The first-order valence-electron chi connectivity index (χ1n) is 7.12. The minimum Gasteiger partial charge on any atom is -0.376 e. The van der Waals surface area contributed by atoms with Crippen molar-refractivity contribution in [3.63, 3.8) is 0 Å². The zero-order valence-corrected chi connectivity index (χ0v) is 11.9. The second kappa shape index (κ2) is 6.70. The highest BCUT2D eigenvalue weighted by atomic mass is 16.1. The van der Waals surface area contributed by atoms with Gasteiger partial charge in [0.25, 0.3) is 5.56 Å². The second-order valence-corrected chi connectivity index (χ2v) is 5.52. The van der Waals surface area contributed by atoms with E-state index in [1.165, 1.54) is 30.4 Å². The first-order chi connectivity index (χ1) is 9.16.